The molecule has 0 saturated carbocycles. The SMILES string of the molecule is CCOCc1cnc(Cl)nc1SC[C@H](NC(=O)CC[C@H](N)C(=O)O)C(=O)N(C)C(=O)O. The van der Waals surface area contributed by atoms with Crippen molar-refractivity contribution >= 4 is 47.2 Å². The number of ether oxygens (including phenoxy) is 1. The fraction of sp³-hybridized carbons (Fsp3) is 0.529. The van der Waals surface area contributed by atoms with E-state index in [0.29, 0.717) is 22.1 Å². The Morgan fingerprint density at radius 1 is 1.35 bits per heavy atom. The van der Waals surface area contributed by atoms with Gasteiger partial charge in [-0.2, -0.15) is 0 Å². The molecule has 172 valence electrons. The summed E-state index contributed by atoms with van der Waals surface area (Å²) in [6.07, 6.45) is -0.430. The summed E-state index contributed by atoms with van der Waals surface area (Å²) in [7, 11) is 1.05. The Bertz CT molecular complexity index is 813. The Morgan fingerprint density at radius 2 is 2.03 bits per heavy atom. The normalized spacial score (nSPS) is 12.6. The van der Waals surface area contributed by atoms with Gasteiger partial charge in [0.05, 0.1) is 6.61 Å². The van der Waals surface area contributed by atoms with Crippen molar-refractivity contribution in [3.8, 4) is 0 Å². The number of carboxylic acids is 1. The summed E-state index contributed by atoms with van der Waals surface area (Å²) in [4.78, 5) is 55.1. The average Bonchev–Trinajstić information content (AvgIpc) is 2.72. The van der Waals surface area contributed by atoms with Crippen LogP contribution in [0.2, 0.25) is 5.28 Å². The Morgan fingerprint density at radius 3 is 2.61 bits per heavy atom. The van der Waals surface area contributed by atoms with Crippen molar-refractivity contribution in [1.82, 2.24) is 20.2 Å². The lowest BCUT2D eigenvalue weighted by atomic mass is 10.1. The summed E-state index contributed by atoms with van der Waals surface area (Å²) in [6.45, 7) is 2.46. The Kier molecular flexibility index (Phi) is 11.2. The molecule has 1 rings (SSSR count). The minimum atomic E-state index is -1.50. The zero-order valence-electron chi connectivity index (χ0n) is 16.9. The monoisotopic (exact) mass is 477 g/mol. The van der Waals surface area contributed by atoms with Crippen LogP contribution in [-0.4, -0.2) is 80.4 Å². The van der Waals surface area contributed by atoms with E-state index >= 15 is 0 Å². The van der Waals surface area contributed by atoms with E-state index in [9.17, 15) is 19.2 Å². The lowest BCUT2D eigenvalue weighted by Gasteiger charge is -2.22. The van der Waals surface area contributed by atoms with Gasteiger partial charge in [0, 0.05) is 37.6 Å². The summed E-state index contributed by atoms with van der Waals surface area (Å²) in [5.41, 5.74) is 5.98. The van der Waals surface area contributed by atoms with Gasteiger partial charge in [0.25, 0.3) is 5.91 Å². The zero-order valence-corrected chi connectivity index (χ0v) is 18.5. The number of aromatic nitrogens is 2. The zero-order chi connectivity index (χ0) is 23.6. The minimum Gasteiger partial charge on any atom is -0.480 e. The van der Waals surface area contributed by atoms with Crippen LogP contribution >= 0.6 is 23.4 Å². The third kappa shape index (κ3) is 9.04. The second-order valence-corrected chi connectivity index (χ2v) is 7.55. The van der Waals surface area contributed by atoms with Gasteiger partial charge in [-0.25, -0.2) is 19.7 Å². The quantitative estimate of drug-likeness (QED) is 0.187. The molecule has 0 aliphatic rings. The molecule has 0 fully saturated rings. The third-order valence-corrected chi connectivity index (χ3v) is 5.20. The first-order valence-electron chi connectivity index (χ1n) is 9.07. The maximum atomic E-state index is 12.5. The summed E-state index contributed by atoms with van der Waals surface area (Å²) < 4.78 is 5.34. The van der Waals surface area contributed by atoms with Crippen LogP contribution in [-0.2, 0) is 25.7 Å². The summed E-state index contributed by atoms with van der Waals surface area (Å²) in [6, 6.07) is -2.46. The largest absolute Gasteiger partial charge is 0.480 e. The molecule has 0 aliphatic heterocycles. The fourth-order valence-electron chi connectivity index (χ4n) is 2.15. The van der Waals surface area contributed by atoms with Crippen molar-refractivity contribution in [2.75, 3.05) is 19.4 Å². The first kappa shape index (κ1) is 26.6. The van der Waals surface area contributed by atoms with Gasteiger partial charge in [0.1, 0.15) is 17.1 Å². The Labute approximate surface area is 187 Å². The van der Waals surface area contributed by atoms with Crippen LogP contribution < -0.4 is 11.1 Å². The summed E-state index contributed by atoms with van der Waals surface area (Å²) >= 11 is 6.90. The van der Waals surface area contributed by atoms with Gasteiger partial charge in [-0.05, 0) is 24.9 Å². The molecule has 5 N–H and O–H groups in total. The Hall–Kier alpha value is -2.48. The van der Waals surface area contributed by atoms with Crippen molar-refractivity contribution in [2.24, 2.45) is 5.73 Å². The smallest absolute Gasteiger partial charge is 0.413 e. The Balaban J connectivity index is 2.94. The highest BCUT2D eigenvalue weighted by Gasteiger charge is 2.28. The van der Waals surface area contributed by atoms with Gasteiger partial charge in [0.15, 0.2) is 0 Å². The summed E-state index contributed by atoms with van der Waals surface area (Å²) in [5.74, 6) is -2.85. The molecule has 0 aromatic carbocycles. The molecule has 1 heterocycles. The van der Waals surface area contributed by atoms with Gasteiger partial charge in [-0.1, -0.05) is 0 Å². The van der Waals surface area contributed by atoms with Gasteiger partial charge in [-0.15, -0.1) is 11.8 Å². The number of imide groups is 1. The van der Waals surface area contributed by atoms with Gasteiger partial charge < -0.3 is 26.0 Å². The molecular weight excluding hydrogens is 454 g/mol. The molecule has 0 unspecified atom stereocenters. The molecule has 2 atom stereocenters. The molecule has 0 saturated heterocycles. The molecule has 0 spiro atoms. The lowest BCUT2D eigenvalue weighted by molar-refractivity contribution is -0.139. The second kappa shape index (κ2) is 13.0. The van der Waals surface area contributed by atoms with E-state index in [2.05, 4.69) is 15.3 Å². The second-order valence-electron chi connectivity index (χ2n) is 6.20. The number of nitrogens with two attached hydrogens (primary N) is 1. The maximum Gasteiger partial charge on any atom is 0.413 e. The summed E-state index contributed by atoms with van der Waals surface area (Å²) in [5, 5.41) is 20.7. The van der Waals surface area contributed by atoms with Crippen molar-refractivity contribution < 1.29 is 34.1 Å². The van der Waals surface area contributed by atoms with Crippen molar-refractivity contribution in [1.29, 1.82) is 0 Å². The van der Waals surface area contributed by atoms with E-state index in [1.807, 2.05) is 6.92 Å². The number of likely N-dealkylation sites (N-methyl/N-ethyl adjacent to an activating group) is 1. The topological polar surface area (TPSA) is 185 Å². The first-order valence-corrected chi connectivity index (χ1v) is 10.4. The molecule has 0 aliphatic carbocycles. The van der Waals surface area contributed by atoms with Crippen LogP contribution in [0.1, 0.15) is 25.3 Å². The van der Waals surface area contributed by atoms with Crippen molar-refractivity contribution in [2.45, 2.75) is 43.5 Å². The van der Waals surface area contributed by atoms with Crippen LogP contribution in [0.15, 0.2) is 11.2 Å². The number of nitrogens with zero attached hydrogens (tertiary/aromatic N) is 3. The molecule has 0 bridgehead atoms. The number of carbonyl (C=O) groups is 4. The highest BCUT2D eigenvalue weighted by atomic mass is 35.5. The lowest BCUT2D eigenvalue weighted by Crippen LogP contribution is -2.50. The van der Waals surface area contributed by atoms with Crippen LogP contribution in [0, 0.1) is 0 Å². The van der Waals surface area contributed by atoms with Crippen LogP contribution in [0.25, 0.3) is 0 Å². The van der Waals surface area contributed by atoms with Crippen LogP contribution in [0.5, 0.6) is 0 Å². The van der Waals surface area contributed by atoms with E-state index in [4.69, 9.17) is 32.3 Å². The number of hydrogen-bond donors (Lipinski definition) is 4. The number of nitrogens with one attached hydrogen (secondary N) is 1. The van der Waals surface area contributed by atoms with Gasteiger partial charge in [0.2, 0.25) is 11.2 Å². The highest BCUT2D eigenvalue weighted by molar-refractivity contribution is 7.99. The van der Waals surface area contributed by atoms with Crippen LogP contribution in [0.3, 0.4) is 0 Å². The molecule has 12 nitrogen and oxygen atoms in total. The van der Waals surface area contributed by atoms with E-state index in [1.165, 1.54) is 6.20 Å². The number of halogens is 1. The van der Waals surface area contributed by atoms with E-state index < -0.39 is 36.0 Å². The van der Waals surface area contributed by atoms with Gasteiger partial charge >= 0.3 is 12.1 Å². The van der Waals surface area contributed by atoms with E-state index in [0.717, 1.165) is 18.8 Å². The van der Waals surface area contributed by atoms with Crippen molar-refractivity contribution in [3.63, 3.8) is 0 Å². The van der Waals surface area contributed by atoms with Crippen molar-refractivity contribution in [3.05, 3.63) is 17.0 Å². The van der Waals surface area contributed by atoms with E-state index in [1.54, 1.807) is 0 Å². The number of aliphatic carboxylic acids is 1. The van der Waals surface area contributed by atoms with E-state index in [-0.39, 0.29) is 30.5 Å². The number of hydrogen-bond acceptors (Lipinski definition) is 9. The maximum absolute atomic E-state index is 12.5. The molecule has 31 heavy (non-hydrogen) atoms. The number of thioether (sulfide) groups is 1. The molecule has 0 radical (unpaired) electrons. The standard InChI is InChI=1S/C17H24ClN5O7S/c1-3-30-7-9-6-20-16(18)22-13(9)31-8-11(14(25)23(2)17(28)29)21-12(24)5-4-10(19)15(26)27/h6,10-11H,3-5,7-8,19H2,1-2H3,(H,21,24)(H,26,27)(H,28,29)/t10-,11-/m0/s1. The number of amides is 3. The number of carbonyl (C=O) groups excluding carboxylic acids is 2. The van der Waals surface area contributed by atoms with Crippen LogP contribution in [0.4, 0.5) is 4.79 Å². The molecular formula is C17H24ClN5O7S. The average molecular weight is 478 g/mol. The predicted molar refractivity (Wildman–Crippen MR) is 111 cm³/mol. The molecule has 1 aromatic heterocycles. The molecule has 14 heteroatoms. The third-order valence-electron chi connectivity index (χ3n) is 3.89. The number of carboxylic acid groups (broad SMARTS) is 2. The highest BCUT2D eigenvalue weighted by Crippen LogP contribution is 2.23. The first-order chi connectivity index (χ1) is 14.6. The molecule has 1 aromatic rings. The molecule has 3 amide bonds. The fourth-order valence-corrected chi connectivity index (χ4v) is 3.33. The predicted octanol–water partition coefficient (Wildman–Crippen LogP) is 0.572. The minimum absolute atomic E-state index is 0.0278. The number of rotatable bonds is 12. The van der Waals surface area contributed by atoms with Gasteiger partial charge in [-0.3, -0.25) is 14.4 Å².